The van der Waals surface area contributed by atoms with Gasteiger partial charge in [-0.3, -0.25) is 4.79 Å². The Labute approximate surface area is 116 Å². The summed E-state index contributed by atoms with van der Waals surface area (Å²) in [4.78, 5) is 11.5. The Balaban J connectivity index is 1.74. The van der Waals surface area contributed by atoms with Gasteiger partial charge >= 0.3 is 0 Å². The van der Waals surface area contributed by atoms with Crippen molar-refractivity contribution < 1.29 is 17.9 Å². The highest BCUT2D eigenvalue weighted by Crippen LogP contribution is 2.14. The maximum atomic E-state index is 11.8. The zero-order chi connectivity index (χ0) is 13.7. The highest BCUT2D eigenvalue weighted by Gasteiger charge is 2.18. The van der Waals surface area contributed by atoms with Crippen LogP contribution in [0.3, 0.4) is 0 Å². The van der Waals surface area contributed by atoms with Crippen LogP contribution in [0.5, 0.6) is 0 Å². The fourth-order valence-electron chi connectivity index (χ4n) is 1.74. The summed E-state index contributed by atoms with van der Waals surface area (Å²) in [5.74, 6) is -0.351. The Morgan fingerprint density at radius 2 is 2.37 bits per heavy atom. The second-order valence-electron chi connectivity index (χ2n) is 4.20. The minimum absolute atomic E-state index is 0.0536. The number of nitrogens with one attached hydrogen (secondary N) is 2. The lowest BCUT2D eigenvalue weighted by Gasteiger charge is -2.11. The summed E-state index contributed by atoms with van der Waals surface area (Å²) >= 11 is 1.11. The number of sulfonamides is 1. The third kappa shape index (κ3) is 4.27. The largest absolute Gasteiger partial charge is 0.376 e. The van der Waals surface area contributed by atoms with E-state index in [4.69, 9.17) is 4.74 Å². The minimum atomic E-state index is -3.57. The number of ether oxygens (including phenoxy) is 1. The summed E-state index contributed by atoms with van der Waals surface area (Å²) in [5, 5.41) is 4.33. The van der Waals surface area contributed by atoms with Crippen molar-refractivity contribution in [3.8, 4) is 0 Å². The molecule has 0 aliphatic carbocycles. The topological polar surface area (TPSA) is 84.5 Å². The van der Waals surface area contributed by atoms with E-state index < -0.39 is 10.0 Å². The van der Waals surface area contributed by atoms with Gasteiger partial charge in [0.1, 0.15) is 4.21 Å². The maximum absolute atomic E-state index is 11.8. The third-order valence-corrected chi connectivity index (χ3v) is 5.53. The molecular formula is C11H16N2O4S2. The van der Waals surface area contributed by atoms with E-state index in [1.54, 1.807) is 11.4 Å². The molecule has 0 spiro atoms. The molecule has 2 heterocycles. The molecule has 2 rings (SSSR count). The van der Waals surface area contributed by atoms with Crippen LogP contribution in [0.15, 0.2) is 21.7 Å². The van der Waals surface area contributed by atoms with Gasteiger partial charge < -0.3 is 10.1 Å². The van der Waals surface area contributed by atoms with Crippen molar-refractivity contribution in [3.05, 3.63) is 17.5 Å². The summed E-state index contributed by atoms with van der Waals surface area (Å²) in [6.07, 6.45) is 1.99. The van der Waals surface area contributed by atoms with Gasteiger partial charge in [0.2, 0.25) is 5.91 Å². The molecule has 106 valence electrons. The molecule has 0 aromatic carbocycles. The molecule has 1 aromatic heterocycles. The van der Waals surface area contributed by atoms with E-state index in [2.05, 4.69) is 10.0 Å². The monoisotopic (exact) mass is 304 g/mol. The van der Waals surface area contributed by atoms with Gasteiger partial charge in [0.15, 0.2) is 0 Å². The molecule has 0 radical (unpaired) electrons. The van der Waals surface area contributed by atoms with Gasteiger partial charge in [-0.05, 0) is 24.3 Å². The molecule has 0 saturated carbocycles. The summed E-state index contributed by atoms with van der Waals surface area (Å²) in [6, 6.07) is 3.15. The maximum Gasteiger partial charge on any atom is 0.250 e. The predicted octanol–water partition coefficient (Wildman–Crippen LogP) is 0.322. The fraction of sp³-hybridized carbons (Fsp3) is 0.545. The second kappa shape index (κ2) is 6.47. The van der Waals surface area contributed by atoms with Crippen LogP contribution in [0.1, 0.15) is 12.8 Å². The first kappa shape index (κ1) is 14.4. The lowest BCUT2D eigenvalue weighted by Crippen LogP contribution is -2.39. The third-order valence-electron chi connectivity index (χ3n) is 2.73. The quantitative estimate of drug-likeness (QED) is 0.793. The van der Waals surface area contributed by atoms with E-state index in [0.717, 1.165) is 30.8 Å². The number of hydrogen-bond acceptors (Lipinski definition) is 5. The summed E-state index contributed by atoms with van der Waals surface area (Å²) < 4.78 is 31.3. The molecule has 1 saturated heterocycles. The molecule has 1 aliphatic heterocycles. The predicted molar refractivity (Wildman–Crippen MR) is 71.5 cm³/mol. The van der Waals surface area contributed by atoms with Gasteiger partial charge in [0, 0.05) is 13.2 Å². The van der Waals surface area contributed by atoms with E-state index in [1.807, 2.05) is 0 Å². The highest BCUT2D eigenvalue weighted by atomic mass is 32.2. The molecule has 19 heavy (non-hydrogen) atoms. The van der Waals surface area contributed by atoms with Crippen molar-refractivity contribution in [3.63, 3.8) is 0 Å². The van der Waals surface area contributed by atoms with Crippen molar-refractivity contribution in [1.82, 2.24) is 10.0 Å². The van der Waals surface area contributed by atoms with Gasteiger partial charge in [-0.25, -0.2) is 13.1 Å². The number of rotatable bonds is 6. The lowest BCUT2D eigenvalue weighted by molar-refractivity contribution is -0.120. The molecule has 2 N–H and O–H groups in total. The van der Waals surface area contributed by atoms with Gasteiger partial charge in [0.05, 0.1) is 12.6 Å². The van der Waals surface area contributed by atoms with Gasteiger partial charge in [-0.2, -0.15) is 0 Å². The molecule has 0 unspecified atom stereocenters. The molecule has 1 aliphatic rings. The number of hydrogen-bond donors (Lipinski definition) is 2. The number of thiophene rings is 1. The average Bonchev–Trinajstić information content (AvgIpc) is 3.06. The van der Waals surface area contributed by atoms with Crippen LogP contribution in [-0.2, 0) is 19.6 Å². The van der Waals surface area contributed by atoms with Crippen molar-refractivity contribution in [1.29, 1.82) is 0 Å². The highest BCUT2D eigenvalue weighted by molar-refractivity contribution is 7.91. The molecular weight excluding hydrogens is 288 g/mol. The molecule has 1 fully saturated rings. The lowest BCUT2D eigenvalue weighted by atomic mass is 10.2. The van der Waals surface area contributed by atoms with Crippen LogP contribution in [0.25, 0.3) is 0 Å². The molecule has 8 heteroatoms. The Kier molecular flexibility index (Phi) is 4.92. The first-order chi connectivity index (χ1) is 9.08. The summed E-state index contributed by atoms with van der Waals surface area (Å²) in [6.45, 7) is 0.901. The van der Waals surface area contributed by atoms with E-state index in [9.17, 15) is 13.2 Å². The standard InChI is InChI=1S/C11H16N2O4S2/c14-10(12-7-9-3-1-5-17-9)8-13-19(15,16)11-4-2-6-18-11/h2,4,6,9,13H,1,3,5,7-8H2,(H,12,14)/t9-/m1/s1. The number of amides is 1. The second-order valence-corrected chi connectivity index (χ2v) is 7.14. The Morgan fingerprint density at radius 1 is 1.53 bits per heavy atom. The number of carbonyl (C=O) groups excluding carboxylic acids is 1. The molecule has 0 bridgehead atoms. The van der Waals surface area contributed by atoms with Gasteiger partial charge in [-0.1, -0.05) is 6.07 Å². The average molecular weight is 304 g/mol. The van der Waals surface area contributed by atoms with E-state index in [0.29, 0.717) is 6.54 Å². The van der Waals surface area contributed by atoms with Gasteiger partial charge in [-0.15, -0.1) is 11.3 Å². The smallest absolute Gasteiger partial charge is 0.250 e. The van der Waals surface area contributed by atoms with Crippen LogP contribution >= 0.6 is 11.3 Å². The molecule has 1 atom stereocenters. The van der Waals surface area contributed by atoms with Crippen molar-refractivity contribution in [2.24, 2.45) is 0 Å². The Morgan fingerprint density at radius 3 is 3.00 bits per heavy atom. The first-order valence-electron chi connectivity index (χ1n) is 5.99. The van der Waals surface area contributed by atoms with Crippen LogP contribution in [0.4, 0.5) is 0 Å². The zero-order valence-electron chi connectivity index (χ0n) is 10.3. The number of carbonyl (C=O) groups is 1. The van der Waals surface area contributed by atoms with Crippen molar-refractivity contribution in [2.75, 3.05) is 19.7 Å². The van der Waals surface area contributed by atoms with Crippen molar-refractivity contribution in [2.45, 2.75) is 23.2 Å². The van der Waals surface area contributed by atoms with Crippen LogP contribution in [-0.4, -0.2) is 40.1 Å². The van der Waals surface area contributed by atoms with Crippen LogP contribution in [0.2, 0.25) is 0 Å². The SMILES string of the molecule is O=C(CNS(=O)(=O)c1cccs1)NC[C@H]1CCCO1. The van der Waals surface area contributed by atoms with E-state index in [-0.39, 0.29) is 22.8 Å². The van der Waals surface area contributed by atoms with E-state index >= 15 is 0 Å². The zero-order valence-corrected chi connectivity index (χ0v) is 11.9. The Hall–Kier alpha value is -0.960. The van der Waals surface area contributed by atoms with Crippen molar-refractivity contribution >= 4 is 27.3 Å². The molecule has 1 aromatic rings. The summed E-state index contributed by atoms with van der Waals surface area (Å²) in [5.41, 5.74) is 0. The van der Waals surface area contributed by atoms with Gasteiger partial charge in [0.25, 0.3) is 10.0 Å². The fourth-order valence-corrected chi connectivity index (χ4v) is 3.76. The normalized spacial score (nSPS) is 19.5. The van der Waals surface area contributed by atoms with Crippen LogP contribution < -0.4 is 10.0 Å². The van der Waals surface area contributed by atoms with Crippen LogP contribution in [0, 0.1) is 0 Å². The minimum Gasteiger partial charge on any atom is -0.376 e. The summed E-state index contributed by atoms with van der Waals surface area (Å²) in [7, 11) is -3.57. The molecule has 1 amide bonds. The Bertz CT molecular complexity index is 507. The van der Waals surface area contributed by atoms with E-state index in [1.165, 1.54) is 6.07 Å². The first-order valence-corrected chi connectivity index (χ1v) is 8.36. The molecule has 6 nitrogen and oxygen atoms in total.